The monoisotopic (exact) mass is 300 g/mol. The zero-order valence-electron chi connectivity index (χ0n) is 8.65. The fourth-order valence-electron chi connectivity index (χ4n) is 1.42. The second kappa shape index (κ2) is 4.89. The fraction of sp³-hybridized carbons (Fsp3) is 0.182. The predicted octanol–water partition coefficient (Wildman–Crippen LogP) is 3.36. The van der Waals surface area contributed by atoms with Gasteiger partial charge in [0.2, 0.25) is 0 Å². The minimum absolute atomic E-state index is 0.646. The summed E-state index contributed by atoms with van der Waals surface area (Å²) in [7, 11) is 1.65. The Kier molecular flexibility index (Phi) is 3.51. The molecule has 1 aromatic carbocycles. The number of hydrogen-bond acceptors (Lipinski definition) is 2. The standard InChI is InChI=1S/C11H10BrClN2O/c1-16-11-3-2-8(4-10(11)12)6-15-7-9(13)5-14-15/h2-5,7H,6H2,1H3. The normalized spacial score (nSPS) is 10.4. The lowest BCUT2D eigenvalue weighted by atomic mass is 10.2. The van der Waals surface area contributed by atoms with Gasteiger partial charge in [-0.05, 0) is 33.6 Å². The molecule has 2 aromatic rings. The van der Waals surface area contributed by atoms with Crippen LogP contribution in [0.1, 0.15) is 5.56 Å². The molecule has 0 radical (unpaired) electrons. The SMILES string of the molecule is COc1ccc(Cn2cc(Cl)cn2)cc1Br. The molecule has 0 unspecified atom stereocenters. The number of hydrogen-bond donors (Lipinski definition) is 0. The quantitative estimate of drug-likeness (QED) is 0.869. The first-order valence-electron chi connectivity index (χ1n) is 4.69. The van der Waals surface area contributed by atoms with E-state index in [9.17, 15) is 0 Å². The predicted molar refractivity (Wildman–Crippen MR) is 67.0 cm³/mol. The van der Waals surface area contributed by atoms with Crippen molar-refractivity contribution < 1.29 is 4.74 Å². The van der Waals surface area contributed by atoms with Crippen molar-refractivity contribution in [3.63, 3.8) is 0 Å². The summed E-state index contributed by atoms with van der Waals surface area (Å²) in [5.74, 6) is 0.822. The highest BCUT2D eigenvalue weighted by molar-refractivity contribution is 9.10. The van der Waals surface area contributed by atoms with Gasteiger partial charge >= 0.3 is 0 Å². The molecule has 16 heavy (non-hydrogen) atoms. The minimum Gasteiger partial charge on any atom is -0.496 e. The highest BCUT2D eigenvalue weighted by atomic mass is 79.9. The van der Waals surface area contributed by atoms with Gasteiger partial charge in [0.25, 0.3) is 0 Å². The van der Waals surface area contributed by atoms with Gasteiger partial charge in [0.1, 0.15) is 5.75 Å². The summed E-state index contributed by atoms with van der Waals surface area (Å²) >= 11 is 9.24. The molecule has 0 amide bonds. The van der Waals surface area contributed by atoms with Crippen molar-refractivity contribution in [3.8, 4) is 5.75 Å². The lowest BCUT2D eigenvalue weighted by Crippen LogP contribution is -1.99. The number of ether oxygens (including phenoxy) is 1. The number of halogens is 2. The third kappa shape index (κ3) is 2.57. The fourth-order valence-corrected chi connectivity index (χ4v) is 2.16. The molecule has 0 saturated heterocycles. The van der Waals surface area contributed by atoms with Crippen LogP contribution in [0.2, 0.25) is 5.02 Å². The Hall–Kier alpha value is -1.00. The van der Waals surface area contributed by atoms with Crippen LogP contribution in [0, 0.1) is 0 Å². The largest absolute Gasteiger partial charge is 0.496 e. The molecule has 0 aliphatic heterocycles. The molecule has 0 fully saturated rings. The van der Waals surface area contributed by atoms with Crippen molar-refractivity contribution in [2.24, 2.45) is 0 Å². The van der Waals surface area contributed by atoms with E-state index < -0.39 is 0 Å². The zero-order chi connectivity index (χ0) is 11.5. The Bertz CT molecular complexity index is 498. The third-order valence-corrected chi connectivity index (χ3v) is 2.98. The Balaban J connectivity index is 2.19. The molecule has 0 aliphatic carbocycles. The van der Waals surface area contributed by atoms with Crippen LogP contribution < -0.4 is 4.74 Å². The summed E-state index contributed by atoms with van der Waals surface area (Å²) in [5.41, 5.74) is 1.13. The van der Waals surface area contributed by atoms with Gasteiger partial charge < -0.3 is 4.74 Å². The average Bonchev–Trinajstić information content (AvgIpc) is 2.64. The van der Waals surface area contributed by atoms with Crippen LogP contribution in [0.5, 0.6) is 5.75 Å². The highest BCUT2D eigenvalue weighted by Gasteiger charge is 2.02. The summed E-state index contributed by atoms with van der Waals surface area (Å²) < 4.78 is 7.89. The van der Waals surface area contributed by atoms with Crippen molar-refractivity contribution in [2.45, 2.75) is 6.54 Å². The summed E-state index contributed by atoms with van der Waals surface area (Å²) in [6.45, 7) is 0.690. The van der Waals surface area contributed by atoms with Crippen molar-refractivity contribution in [3.05, 3.63) is 45.7 Å². The highest BCUT2D eigenvalue weighted by Crippen LogP contribution is 2.25. The van der Waals surface area contributed by atoms with E-state index in [2.05, 4.69) is 21.0 Å². The average molecular weight is 302 g/mol. The van der Waals surface area contributed by atoms with Crippen LogP contribution in [-0.2, 0) is 6.54 Å². The summed E-state index contributed by atoms with van der Waals surface area (Å²) in [4.78, 5) is 0. The maximum atomic E-state index is 5.79. The van der Waals surface area contributed by atoms with E-state index >= 15 is 0 Å². The molecule has 0 atom stereocenters. The molecule has 0 spiro atoms. The van der Waals surface area contributed by atoms with Gasteiger partial charge in [0.05, 0.1) is 29.3 Å². The molecular weight excluding hydrogens is 291 g/mol. The topological polar surface area (TPSA) is 27.1 Å². The lowest BCUT2D eigenvalue weighted by Gasteiger charge is -2.06. The second-order valence-corrected chi connectivity index (χ2v) is 4.62. The molecule has 1 heterocycles. The molecule has 84 valence electrons. The Morgan fingerprint density at radius 1 is 1.50 bits per heavy atom. The Labute approximate surface area is 107 Å². The lowest BCUT2D eigenvalue weighted by molar-refractivity contribution is 0.412. The van der Waals surface area contributed by atoms with Crippen LogP contribution in [0.3, 0.4) is 0 Å². The summed E-state index contributed by atoms with van der Waals surface area (Å²) in [6, 6.07) is 5.93. The van der Waals surface area contributed by atoms with E-state index in [1.807, 2.05) is 18.2 Å². The van der Waals surface area contributed by atoms with Gasteiger partial charge in [-0.3, -0.25) is 4.68 Å². The van der Waals surface area contributed by atoms with Crippen LogP contribution in [0.25, 0.3) is 0 Å². The first-order chi connectivity index (χ1) is 7.69. The van der Waals surface area contributed by atoms with Gasteiger partial charge in [0.15, 0.2) is 0 Å². The molecule has 0 saturated carbocycles. The van der Waals surface area contributed by atoms with Gasteiger partial charge in [-0.15, -0.1) is 0 Å². The Morgan fingerprint density at radius 3 is 2.88 bits per heavy atom. The van der Waals surface area contributed by atoms with E-state index in [0.717, 1.165) is 15.8 Å². The number of aromatic nitrogens is 2. The second-order valence-electron chi connectivity index (χ2n) is 3.33. The molecule has 2 rings (SSSR count). The summed E-state index contributed by atoms with van der Waals surface area (Å²) in [5, 5.41) is 4.77. The van der Waals surface area contributed by atoms with Crippen molar-refractivity contribution in [2.75, 3.05) is 7.11 Å². The molecule has 5 heteroatoms. The zero-order valence-corrected chi connectivity index (χ0v) is 11.0. The van der Waals surface area contributed by atoms with E-state index in [4.69, 9.17) is 16.3 Å². The molecule has 0 aliphatic rings. The number of methoxy groups -OCH3 is 1. The van der Waals surface area contributed by atoms with Gasteiger partial charge in [0, 0.05) is 6.20 Å². The maximum Gasteiger partial charge on any atom is 0.133 e. The Morgan fingerprint density at radius 2 is 2.31 bits per heavy atom. The van der Waals surface area contributed by atoms with E-state index in [-0.39, 0.29) is 0 Å². The van der Waals surface area contributed by atoms with Crippen LogP contribution in [-0.4, -0.2) is 16.9 Å². The minimum atomic E-state index is 0.646. The van der Waals surface area contributed by atoms with Gasteiger partial charge in [-0.2, -0.15) is 5.10 Å². The van der Waals surface area contributed by atoms with Crippen molar-refractivity contribution >= 4 is 27.5 Å². The molecule has 0 N–H and O–H groups in total. The smallest absolute Gasteiger partial charge is 0.133 e. The molecule has 1 aromatic heterocycles. The van der Waals surface area contributed by atoms with Crippen molar-refractivity contribution in [1.29, 1.82) is 0 Å². The van der Waals surface area contributed by atoms with Crippen LogP contribution in [0.4, 0.5) is 0 Å². The molecular formula is C11H10BrClN2O. The van der Waals surface area contributed by atoms with Gasteiger partial charge in [-0.25, -0.2) is 0 Å². The van der Waals surface area contributed by atoms with E-state index in [0.29, 0.717) is 11.6 Å². The number of benzene rings is 1. The number of nitrogens with zero attached hydrogens (tertiary/aromatic N) is 2. The van der Waals surface area contributed by atoms with Crippen LogP contribution >= 0.6 is 27.5 Å². The third-order valence-electron chi connectivity index (χ3n) is 2.16. The maximum absolute atomic E-state index is 5.79. The van der Waals surface area contributed by atoms with Gasteiger partial charge in [-0.1, -0.05) is 17.7 Å². The summed E-state index contributed by atoms with van der Waals surface area (Å²) in [6.07, 6.45) is 3.42. The van der Waals surface area contributed by atoms with Crippen molar-refractivity contribution in [1.82, 2.24) is 9.78 Å². The number of rotatable bonds is 3. The van der Waals surface area contributed by atoms with E-state index in [1.165, 1.54) is 0 Å². The first kappa shape index (κ1) is 11.5. The van der Waals surface area contributed by atoms with Crippen LogP contribution in [0.15, 0.2) is 35.1 Å². The first-order valence-corrected chi connectivity index (χ1v) is 5.86. The van der Waals surface area contributed by atoms with E-state index in [1.54, 1.807) is 24.2 Å². The molecule has 0 bridgehead atoms. The molecule has 3 nitrogen and oxygen atoms in total.